The monoisotopic (exact) mass is 486 g/mol. The molecule has 9 heteroatoms. The molecule has 1 fully saturated rings. The van der Waals surface area contributed by atoms with E-state index in [-0.39, 0.29) is 30.8 Å². The highest BCUT2D eigenvalue weighted by atomic mass is 32.1. The smallest absolute Gasteiger partial charge is 0.302 e. The van der Waals surface area contributed by atoms with Crippen LogP contribution in [-0.4, -0.2) is 52.4 Å². The zero-order chi connectivity index (χ0) is 25.2. The Morgan fingerprint density at radius 1 is 1.24 bits per heavy atom. The SMILES string of the molecule is CC(=O)O[C@@H]1C[C@H](C(=O)NC(C)c2ccc(-c3scnc3C)cc2)N(C(=O)C(N)C(C)(C)C)C1. The number of rotatable bonds is 6. The summed E-state index contributed by atoms with van der Waals surface area (Å²) in [4.78, 5) is 44.8. The van der Waals surface area contributed by atoms with Crippen LogP contribution in [0.15, 0.2) is 29.8 Å². The molecule has 2 unspecified atom stereocenters. The predicted molar refractivity (Wildman–Crippen MR) is 132 cm³/mol. The highest BCUT2D eigenvalue weighted by molar-refractivity contribution is 7.13. The molecular weight excluding hydrogens is 452 g/mol. The van der Waals surface area contributed by atoms with Gasteiger partial charge in [0.2, 0.25) is 11.8 Å². The van der Waals surface area contributed by atoms with E-state index >= 15 is 0 Å². The van der Waals surface area contributed by atoms with Crippen molar-refractivity contribution in [1.29, 1.82) is 0 Å². The molecule has 184 valence electrons. The van der Waals surface area contributed by atoms with Crippen molar-refractivity contribution in [1.82, 2.24) is 15.2 Å². The molecule has 1 aliphatic rings. The maximum atomic E-state index is 13.3. The Balaban J connectivity index is 1.74. The molecule has 3 N–H and O–H groups in total. The van der Waals surface area contributed by atoms with Crippen LogP contribution >= 0.6 is 11.3 Å². The first kappa shape index (κ1) is 25.8. The van der Waals surface area contributed by atoms with Gasteiger partial charge in [0.1, 0.15) is 12.1 Å². The van der Waals surface area contributed by atoms with Crippen LogP contribution in [0.25, 0.3) is 10.4 Å². The number of benzene rings is 1. The molecule has 1 aliphatic heterocycles. The van der Waals surface area contributed by atoms with E-state index in [1.165, 1.54) is 11.8 Å². The van der Waals surface area contributed by atoms with Crippen molar-refractivity contribution < 1.29 is 19.1 Å². The number of thiazole rings is 1. The maximum Gasteiger partial charge on any atom is 0.302 e. The molecule has 0 spiro atoms. The third-order valence-electron chi connectivity index (χ3n) is 6.16. The molecule has 1 aromatic heterocycles. The zero-order valence-electron chi connectivity index (χ0n) is 20.6. The second-order valence-corrected chi connectivity index (χ2v) is 10.8. The summed E-state index contributed by atoms with van der Waals surface area (Å²) in [6, 6.07) is 6.19. The standard InChI is InChI=1S/C25H34N4O4S/c1-14(17-7-9-18(10-8-17)21-15(2)27-13-34-21)28-23(31)20-11-19(33-16(3)30)12-29(20)24(32)22(26)25(4,5)6/h7-10,13-14,19-20,22H,11-12,26H2,1-6H3,(H,28,31)/t14?,19-,20-,22?/m1/s1. The number of likely N-dealkylation sites (tertiary alicyclic amines) is 1. The first-order valence-electron chi connectivity index (χ1n) is 11.4. The number of carbonyl (C=O) groups is 3. The van der Waals surface area contributed by atoms with Gasteiger partial charge in [-0.15, -0.1) is 11.3 Å². The van der Waals surface area contributed by atoms with Crippen molar-refractivity contribution >= 4 is 29.1 Å². The molecular formula is C25H34N4O4S. The molecule has 0 aliphatic carbocycles. The van der Waals surface area contributed by atoms with Gasteiger partial charge in [0.15, 0.2) is 0 Å². The first-order chi connectivity index (χ1) is 15.9. The lowest BCUT2D eigenvalue weighted by Crippen LogP contribution is -2.55. The number of nitrogens with one attached hydrogen (secondary N) is 1. The topological polar surface area (TPSA) is 115 Å². The van der Waals surface area contributed by atoms with E-state index in [0.717, 1.165) is 21.7 Å². The number of amides is 2. The summed E-state index contributed by atoms with van der Waals surface area (Å²) >= 11 is 1.59. The minimum absolute atomic E-state index is 0.150. The van der Waals surface area contributed by atoms with Crippen LogP contribution in [0, 0.1) is 12.3 Å². The normalized spacial score (nSPS) is 20.0. The number of nitrogens with zero attached hydrogens (tertiary/aromatic N) is 2. The van der Waals surface area contributed by atoms with Crippen molar-refractivity contribution in [3.05, 3.63) is 41.0 Å². The molecule has 2 heterocycles. The lowest BCUT2D eigenvalue weighted by molar-refractivity contribution is -0.147. The Morgan fingerprint density at radius 2 is 1.88 bits per heavy atom. The van der Waals surface area contributed by atoms with E-state index in [0.29, 0.717) is 0 Å². The van der Waals surface area contributed by atoms with E-state index in [2.05, 4.69) is 10.3 Å². The highest BCUT2D eigenvalue weighted by Crippen LogP contribution is 2.29. The van der Waals surface area contributed by atoms with Crippen LogP contribution in [0.3, 0.4) is 0 Å². The molecule has 1 aromatic carbocycles. The van der Waals surface area contributed by atoms with Gasteiger partial charge in [0, 0.05) is 13.3 Å². The van der Waals surface area contributed by atoms with E-state index < -0.39 is 29.6 Å². The number of aromatic nitrogens is 1. The Labute approximate surface area is 204 Å². The van der Waals surface area contributed by atoms with Gasteiger partial charge in [-0.05, 0) is 30.4 Å². The van der Waals surface area contributed by atoms with Gasteiger partial charge in [-0.2, -0.15) is 0 Å². The van der Waals surface area contributed by atoms with Crippen LogP contribution in [0.2, 0.25) is 0 Å². The second kappa shape index (κ2) is 10.2. The van der Waals surface area contributed by atoms with E-state index in [9.17, 15) is 14.4 Å². The largest absolute Gasteiger partial charge is 0.461 e. The van der Waals surface area contributed by atoms with Crippen molar-refractivity contribution in [2.45, 2.75) is 72.2 Å². The molecule has 4 atom stereocenters. The number of aryl methyl sites for hydroxylation is 1. The quantitative estimate of drug-likeness (QED) is 0.606. The molecule has 0 saturated carbocycles. The Hall–Kier alpha value is -2.78. The number of esters is 1. The molecule has 0 bridgehead atoms. The Morgan fingerprint density at radius 3 is 2.41 bits per heavy atom. The molecule has 2 amide bonds. The van der Waals surface area contributed by atoms with E-state index in [1.54, 1.807) is 11.3 Å². The Bertz CT molecular complexity index is 1040. The number of hydrogen-bond acceptors (Lipinski definition) is 7. The summed E-state index contributed by atoms with van der Waals surface area (Å²) in [6.07, 6.45) is -0.300. The maximum absolute atomic E-state index is 13.3. The van der Waals surface area contributed by atoms with Gasteiger partial charge in [-0.25, -0.2) is 4.98 Å². The summed E-state index contributed by atoms with van der Waals surface area (Å²) < 4.78 is 5.33. The van der Waals surface area contributed by atoms with Crippen molar-refractivity contribution in [3.63, 3.8) is 0 Å². The van der Waals surface area contributed by atoms with Gasteiger partial charge in [0.05, 0.1) is 34.7 Å². The van der Waals surface area contributed by atoms with E-state index in [4.69, 9.17) is 10.5 Å². The fourth-order valence-electron chi connectivity index (χ4n) is 4.05. The fraction of sp³-hybridized carbons (Fsp3) is 0.520. The minimum Gasteiger partial charge on any atom is -0.461 e. The Kier molecular flexibility index (Phi) is 7.77. The summed E-state index contributed by atoms with van der Waals surface area (Å²) in [5, 5.41) is 3.02. The van der Waals surface area contributed by atoms with Gasteiger partial charge in [0.25, 0.3) is 0 Å². The molecule has 2 aromatic rings. The lowest BCUT2D eigenvalue weighted by Gasteiger charge is -2.32. The predicted octanol–water partition coefficient (Wildman–Crippen LogP) is 3.20. The van der Waals surface area contributed by atoms with Crippen LogP contribution in [0.1, 0.15) is 58.3 Å². The van der Waals surface area contributed by atoms with Crippen LogP contribution in [0.5, 0.6) is 0 Å². The summed E-state index contributed by atoms with van der Waals surface area (Å²) in [6.45, 7) is 11.0. The summed E-state index contributed by atoms with van der Waals surface area (Å²) in [5.74, 6) is -1.05. The molecule has 3 rings (SSSR count). The van der Waals surface area contributed by atoms with Gasteiger partial charge in [-0.3, -0.25) is 14.4 Å². The third kappa shape index (κ3) is 5.82. The van der Waals surface area contributed by atoms with Crippen molar-refractivity contribution in [2.24, 2.45) is 11.1 Å². The first-order valence-corrected chi connectivity index (χ1v) is 12.3. The van der Waals surface area contributed by atoms with Crippen LogP contribution in [-0.2, 0) is 19.1 Å². The molecule has 1 saturated heterocycles. The zero-order valence-corrected chi connectivity index (χ0v) is 21.4. The third-order valence-corrected chi connectivity index (χ3v) is 7.13. The average molecular weight is 487 g/mol. The van der Waals surface area contributed by atoms with E-state index in [1.807, 2.05) is 64.4 Å². The minimum atomic E-state index is -0.779. The van der Waals surface area contributed by atoms with Crippen molar-refractivity contribution in [3.8, 4) is 10.4 Å². The summed E-state index contributed by atoms with van der Waals surface area (Å²) in [7, 11) is 0. The second-order valence-electron chi connectivity index (χ2n) is 9.94. The number of ether oxygens (including phenoxy) is 1. The summed E-state index contributed by atoms with van der Waals surface area (Å²) in [5.41, 5.74) is 10.6. The van der Waals surface area contributed by atoms with Gasteiger partial charge >= 0.3 is 5.97 Å². The molecule has 0 radical (unpaired) electrons. The molecule has 34 heavy (non-hydrogen) atoms. The molecule has 8 nitrogen and oxygen atoms in total. The fourth-order valence-corrected chi connectivity index (χ4v) is 4.87. The van der Waals surface area contributed by atoms with Crippen molar-refractivity contribution in [2.75, 3.05) is 6.54 Å². The average Bonchev–Trinajstić information content (AvgIpc) is 3.37. The number of carbonyl (C=O) groups excluding carboxylic acids is 3. The van der Waals surface area contributed by atoms with Crippen LogP contribution in [0.4, 0.5) is 0 Å². The lowest BCUT2D eigenvalue weighted by atomic mass is 9.86. The highest BCUT2D eigenvalue weighted by Gasteiger charge is 2.44. The van der Waals surface area contributed by atoms with Gasteiger partial charge < -0.3 is 20.7 Å². The number of hydrogen-bond donors (Lipinski definition) is 2. The van der Waals surface area contributed by atoms with Crippen LogP contribution < -0.4 is 11.1 Å². The number of nitrogens with two attached hydrogens (primary N) is 1. The van der Waals surface area contributed by atoms with Gasteiger partial charge in [-0.1, -0.05) is 45.0 Å².